The lowest BCUT2D eigenvalue weighted by Crippen LogP contribution is -2.05. The van der Waals surface area contributed by atoms with Gasteiger partial charge < -0.3 is 10.1 Å². The molecule has 0 unspecified atom stereocenters. The van der Waals surface area contributed by atoms with Crippen LogP contribution in [0.15, 0.2) is 48.7 Å². The number of pyridine rings is 1. The molecule has 4 heteroatoms. The molecule has 0 spiro atoms. The highest BCUT2D eigenvalue weighted by Crippen LogP contribution is 2.08. The Morgan fingerprint density at radius 2 is 2.00 bits per heavy atom. The third-order valence-electron chi connectivity index (χ3n) is 2.49. The molecule has 2 aromatic rings. The van der Waals surface area contributed by atoms with Crippen LogP contribution in [0.25, 0.3) is 0 Å². The first-order chi connectivity index (χ1) is 8.79. The number of rotatable bonds is 4. The Balaban J connectivity index is 1.97. The van der Waals surface area contributed by atoms with Crippen molar-refractivity contribution in [2.75, 3.05) is 12.4 Å². The molecule has 1 aromatic heterocycles. The second kappa shape index (κ2) is 5.82. The first kappa shape index (κ1) is 12.1. The van der Waals surface area contributed by atoms with Crippen LogP contribution < -0.4 is 5.32 Å². The van der Waals surface area contributed by atoms with E-state index in [4.69, 9.17) is 0 Å². The van der Waals surface area contributed by atoms with Gasteiger partial charge in [-0.1, -0.05) is 24.3 Å². The predicted molar refractivity (Wildman–Crippen MR) is 69.3 cm³/mol. The largest absolute Gasteiger partial charge is 0.464 e. The number of esters is 1. The number of carbonyl (C=O) groups excluding carboxylic acids is 1. The first-order valence-electron chi connectivity index (χ1n) is 5.62. The molecule has 0 saturated heterocycles. The maximum atomic E-state index is 11.2. The zero-order valence-electron chi connectivity index (χ0n) is 10.1. The van der Waals surface area contributed by atoms with Gasteiger partial charge in [0.1, 0.15) is 5.69 Å². The summed E-state index contributed by atoms with van der Waals surface area (Å²) < 4.78 is 4.59. The number of methoxy groups -OCH3 is 1. The molecule has 0 saturated carbocycles. The maximum Gasteiger partial charge on any atom is 0.356 e. The van der Waals surface area contributed by atoms with E-state index in [0.29, 0.717) is 12.2 Å². The van der Waals surface area contributed by atoms with Crippen molar-refractivity contribution in [3.8, 4) is 0 Å². The number of nitrogens with zero attached hydrogens (tertiary/aromatic N) is 1. The second-order valence-electron chi connectivity index (χ2n) is 3.76. The Morgan fingerprint density at radius 1 is 1.22 bits per heavy atom. The average Bonchev–Trinajstić information content (AvgIpc) is 2.46. The SMILES string of the molecule is COC(=O)c1ccc(CNc2ccccc2)cn1. The fraction of sp³-hybridized carbons (Fsp3) is 0.143. The minimum absolute atomic E-state index is 0.320. The molecular formula is C14H14N2O2. The standard InChI is InChI=1S/C14H14N2O2/c1-18-14(17)13-8-7-11(10-16-13)9-15-12-5-3-2-4-6-12/h2-8,10,15H,9H2,1H3. The van der Waals surface area contributed by atoms with Crippen molar-refractivity contribution < 1.29 is 9.53 Å². The van der Waals surface area contributed by atoms with Crippen LogP contribution in [0.5, 0.6) is 0 Å². The Morgan fingerprint density at radius 3 is 2.61 bits per heavy atom. The second-order valence-corrected chi connectivity index (χ2v) is 3.76. The van der Waals surface area contributed by atoms with Crippen molar-refractivity contribution in [1.29, 1.82) is 0 Å². The van der Waals surface area contributed by atoms with Crippen LogP contribution in [0.4, 0.5) is 5.69 Å². The lowest BCUT2D eigenvalue weighted by molar-refractivity contribution is 0.0594. The predicted octanol–water partition coefficient (Wildman–Crippen LogP) is 2.48. The number of carbonyl (C=O) groups is 1. The van der Waals surface area contributed by atoms with Crippen LogP contribution in [0, 0.1) is 0 Å². The molecule has 0 bridgehead atoms. The lowest BCUT2D eigenvalue weighted by Gasteiger charge is -2.06. The van der Waals surface area contributed by atoms with Gasteiger partial charge >= 0.3 is 5.97 Å². The molecule has 0 amide bonds. The summed E-state index contributed by atoms with van der Waals surface area (Å²) in [7, 11) is 1.34. The Labute approximate surface area is 106 Å². The molecule has 0 aliphatic heterocycles. The van der Waals surface area contributed by atoms with Crippen LogP contribution >= 0.6 is 0 Å². The Hall–Kier alpha value is -2.36. The van der Waals surface area contributed by atoms with Crippen molar-refractivity contribution in [3.63, 3.8) is 0 Å². The van der Waals surface area contributed by atoms with Crippen molar-refractivity contribution in [2.24, 2.45) is 0 Å². The van der Waals surface area contributed by atoms with Gasteiger partial charge in [0.2, 0.25) is 0 Å². The Kier molecular flexibility index (Phi) is 3.91. The summed E-state index contributed by atoms with van der Waals surface area (Å²) in [6, 6.07) is 13.4. The summed E-state index contributed by atoms with van der Waals surface area (Å²) in [5.41, 5.74) is 2.38. The molecule has 1 heterocycles. The molecule has 92 valence electrons. The van der Waals surface area contributed by atoms with Crippen LogP contribution in [-0.2, 0) is 11.3 Å². The molecular weight excluding hydrogens is 228 g/mol. The number of anilines is 1. The van der Waals surface area contributed by atoms with E-state index in [1.807, 2.05) is 36.4 Å². The summed E-state index contributed by atoms with van der Waals surface area (Å²) in [4.78, 5) is 15.3. The zero-order chi connectivity index (χ0) is 12.8. The molecule has 0 radical (unpaired) electrons. The van der Waals surface area contributed by atoms with Gasteiger partial charge in [0.15, 0.2) is 0 Å². The normalized spacial score (nSPS) is 9.83. The molecule has 18 heavy (non-hydrogen) atoms. The molecule has 0 fully saturated rings. The minimum Gasteiger partial charge on any atom is -0.464 e. The number of benzene rings is 1. The van der Waals surface area contributed by atoms with Gasteiger partial charge in [-0.3, -0.25) is 0 Å². The highest BCUT2D eigenvalue weighted by Gasteiger charge is 2.05. The summed E-state index contributed by atoms with van der Waals surface area (Å²) in [5.74, 6) is -0.419. The van der Waals surface area contributed by atoms with E-state index in [9.17, 15) is 4.79 Å². The van der Waals surface area contributed by atoms with Gasteiger partial charge in [-0.25, -0.2) is 9.78 Å². The van der Waals surface area contributed by atoms with Crippen molar-refractivity contribution >= 4 is 11.7 Å². The summed E-state index contributed by atoms with van der Waals surface area (Å²) in [6.07, 6.45) is 1.67. The summed E-state index contributed by atoms with van der Waals surface area (Å²) >= 11 is 0. The third kappa shape index (κ3) is 3.07. The highest BCUT2D eigenvalue weighted by molar-refractivity contribution is 5.86. The van der Waals surface area contributed by atoms with Crippen molar-refractivity contribution in [2.45, 2.75) is 6.54 Å². The zero-order valence-corrected chi connectivity index (χ0v) is 10.1. The fourth-order valence-corrected chi connectivity index (χ4v) is 1.51. The van der Waals surface area contributed by atoms with Crippen LogP contribution in [0.1, 0.15) is 16.1 Å². The van der Waals surface area contributed by atoms with E-state index < -0.39 is 5.97 Å². The first-order valence-corrected chi connectivity index (χ1v) is 5.62. The molecule has 4 nitrogen and oxygen atoms in total. The molecule has 0 aliphatic carbocycles. The third-order valence-corrected chi connectivity index (χ3v) is 2.49. The highest BCUT2D eigenvalue weighted by atomic mass is 16.5. The number of hydrogen-bond acceptors (Lipinski definition) is 4. The van der Waals surface area contributed by atoms with Gasteiger partial charge in [-0.15, -0.1) is 0 Å². The van der Waals surface area contributed by atoms with E-state index in [1.54, 1.807) is 12.3 Å². The van der Waals surface area contributed by atoms with Crippen LogP contribution in [0.3, 0.4) is 0 Å². The molecule has 1 aromatic carbocycles. The van der Waals surface area contributed by atoms with E-state index in [2.05, 4.69) is 15.0 Å². The average molecular weight is 242 g/mol. The van der Waals surface area contributed by atoms with Gasteiger partial charge in [-0.2, -0.15) is 0 Å². The topological polar surface area (TPSA) is 51.2 Å². The van der Waals surface area contributed by atoms with E-state index in [1.165, 1.54) is 7.11 Å². The van der Waals surface area contributed by atoms with Gasteiger partial charge in [0.25, 0.3) is 0 Å². The van der Waals surface area contributed by atoms with Crippen molar-refractivity contribution in [1.82, 2.24) is 4.98 Å². The quantitative estimate of drug-likeness (QED) is 0.837. The number of ether oxygens (including phenoxy) is 1. The van der Waals surface area contributed by atoms with Crippen molar-refractivity contribution in [3.05, 3.63) is 59.9 Å². The number of nitrogens with one attached hydrogen (secondary N) is 1. The monoisotopic (exact) mass is 242 g/mol. The van der Waals surface area contributed by atoms with E-state index in [-0.39, 0.29) is 0 Å². The maximum absolute atomic E-state index is 11.2. The number of para-hydroxylation sites is 1. The lowest BCUT2D eigenvalue weighted by atomic mass is 10.2. The van der Waals surface area contributed by atoms with Gasteiger partial charge in [0, 0.05) is 18.4 Å². The Bertz CT molecular complexity index is 509. The molecule has 1 N–H and O–H groups in total. The van der Waals surface area contributed by atoms with E-state index in [0.717, 1.165) is 11.3 Å². The van der Waals surface area contributed by atoms with Crippen LogP contribution in [0.2, 0.25) is 0 Å². The molecule has 0 atom stereocenters. The van der Waals surface area contributed by atoms with E-state index >= 15 is 0 Å². The minimum atomic E-state index is -0.419. The van der Waals surface area contributed by atoms with Gasteiger partial charge in [0.05, 0.1) is 7.11 Å². The van der Waals surface area contributed by atoms with Crippen LogP contribution in [-0.4, -0.2) is 18.1 Å². The van der Waals surface area contributed by atoms with Gasteiger partial charge in [-0.05, 0) is 23.8 Å². The fourth-order valence-electron chi connectivity index (χ4n) is 1.51. The summed E-state index contributed by atoms with van der Waals surface area (Å²) in [5, 5.41) is 3.27. The smallest absolute Gasteiger partial charge is 0.356 e. The molecule has 0 aliphatic rings. The molecule has 2 rings (SSSR count). The number of hydrogen-bond donors (Lipinski definition) is 1. The number of aromatic nitrogens is 1. The summed E-state index contributed by atoms with van der Waals surface area (Å²) in [6.45, 7) is 0.665.